The van der Waals surface area contributed by atoms with Crippen molar-refractivity contribution < 1.29 is 4.79 Å². The van der Waals surface area contributed by atoms with E-state index in [1.165, 1.54) is 5.56 Å². The summed E-state index contributed by atoms with van der Waals surface area (Å²) in [6.45, 7) is 7.96. The van der Waals surface area contributed by atoms with Crippen LogP contribution in [0.5, 0.6) is 0 Å². The second-order valence-corrected chi connectivity index (χ2v) is 8.55. The Balaban J connectivity index is 1.59. The Morgan fingerprint density at radius 1 is 1.00 bits per heavy atom. The molecule has 0 unspecified atom stereocenters. The highest BCUT2D eigenvalue weighted by Crippen LogP contribution is 2.31. The molecule has 2 aromatic carbocycles. The molecule has 0 radical (unpaired) electrons. The quantitative estimate of drug-likeness (QED) is 0.672. The average Bonchev–Trinajstić information content (AvgIpc) is 2.73. The minimum absolute atomic E-state index is 0.0626. The van der Waals surface area contributed by atoms with E-state index in [0.717, 1.165) is 34.5 Å². The van der Waals surface area contributed by atoms with Crippen molar-refractivity contribution >= 4 is 17.3 Å². The highest BCUT2D eigenvalue weighted by Gasteiger charge is 2.28. The number of hydrogen-bond donors (Lipinski definition) is 1. The Morgan fingerprint density at radius 2 is 1.72 bits per heavy atom. The smallest absolute Gasteiger partial charge is 0.260 e. The number of aromatic nitrogens is 1. The van der Waals surface area contributed by atoms with Crippen LogP contribution in [-0.2, 0) is 18.4 Å². The summed E-state index contributed by atoms with van der Waals surface area (Å²) in [5.41, 5.74) is 6.24. The van der Waals surface area contributed by atoms with Crippen LogP contribution in [0.15, 0.2) is 67.0 Å². The largest absolute Gasteiger partial charge is 0.380 e. The van der Waals surface area contributed by atoms with Crippen molar-refractivity contribution in [1.29, 1.82) is 0 Å². The topological polar surface area (TPSA) is 45.2 Å². The number of amides is 1. The molecule has 1 amide bonds. The minimum atomic E-state index is 0.0626. The molecule has 0 aliphatic carbocycles. The van der Waals surface area contributed by atoms with Gasteiger partial charge in [0.1, 0.15) is 0 Å². The number of hydrogen-bond acceptors (Lipinski definition) is 3. The van der Waals surface area contributed by atoms with E-state index in [0.29, 0.717) is 13.1 Å². The molecule has 1 N–H and O–H groups in total. The van der Waals surface area contributed by atoms with Crippen molar-refractivity contribution in [3.8, 4) is 0 Å². The Labute approximate surface area is 172 Å². The highest BCUT2D eigenvalue weighted by molar-refractivity contribution is 6.11. The Hall–Kier alpha value is -3.14. The summed E-state index contributed by atoms with van der Waals surface area (Å²) in [4.78, 5) is 19.4. The number of fused-ring (bicyclic) bond motifs is 1. The summed E-state index contributed by atoms with van der Waals surface area (Å²) in [6.07, 6.45) is 4.42. The lowest BCUT2D eigenvalue weighted by atomic mass is 9.87. The number of rotatable bonds is 4. The second kappa shape index (κ2) is 7.70. The fraction of sp³-hybridized carbons (Fsp3) is 0.280. The fourth-order valence-electron chi connectivity index (χ4n) is 3.76. The Kier molecular flexibility index (Phi) is 5.10. The van der Waals surface area contributed by atoms with Crippen LogP contribution in [0.2, 0.25) is 0 Å². The zero-order valence-electron chi connectivity index (χ0n) is 17.3. The Bertz CT molecular complexity index is 1000. The van der Waals surface area contributed by atoms with Gasteiger partial charge in [0.25, 0.3) is 5.91 Å². The number of carbonyl (C=O) groups excluding carboxylic acids is 1. The predicted molar refractivity (Wildman–Crippen MR) is 119 cm³/mol. The molecule has 4 heteroatoms. The summed E-state index contributed by atoms with van der Waals surface area (Å²) in [5.74, 6) is 0.0626. The summed E-state index contributed by atoms with van der Waals surface area (Å²) in [7, 11) is 0. The Morgan fingerprint density at radius 3 is 2.41 bits per heavy atom. The molecule has 0 fully saturated rings. The molecule has 148 valence electrons. The van der Waals surface area contributed by atoms with Gasteiger partial charge in [-0.2, -0.15) is 0 Å². The van der Waals surface area contributed by atoms with Gasteiger partial charge >= 0.3 is 0 Å². The summed E-state index contributed by atoms with van der Waals surface area (Å²) >= 11 is 0. The lowest BCUT2D eigenvalue weighted by molar-refractivity contribution is 0.0981. The number of benzene rings is 2. The van der Waals surface area contributed by atoms with E-state index < -0.39 is 0 Å². The highest BCUT2D eigenvalue weighted by atomic mass is 16.2. The predicted octanol–water partition coefficient (Wildman–Crippen LogP) is 5.19. The lowest BCUT2D eigenvalue weighted by Crippen LogP contribution is -2.38. The summed E-state index contributed by atoms with van der Waals surface area (Å²) < 4.78 is 0. The van der Waals surface area contributed by atoms with Crippen LogP contribution in [0.4, 0.5) is 11.4 Å². The summed E-state index contributed by atoms with van der Waals surface area (Å²) in [6, 6.07) is 18.4. The zero-order valence-corrected chi connectivity index (χ0v) is 17.3. The summed E-state index contributed by atoms with van der Waals surface area (Å²) in [5, 5.41) is 3.45. The van der Waals surface area contributed by atoms with Crippen molar-refractivity contribution in [1.82, 2.24) is 4.98 Å². The van der Waals surface area contributed by atoms with Gasteiger partial charge < -0.3 is 10.2 Å². The number of nitrogens with zero attached hydrogens (tertiary/aromatic N) is 2. The van der Waals surface area contributed by atoms with Crippen LogP contribution in [-0.4, -0.2) is 17.4 Å². The van der Waals surface area contributed by atoms with Gasteiger partial charge in [-0.15, -0.1) is 0 Å². The molecule has 4 rings (SSSR count). The van der Waals surface area contributed by atoms with E-state index in [1.54, 1.807) is 12.4 Å². The van der Waals surface area contributed by atoms with Crippen LogP contribution in [0.25, 0.3) is 0 Å². The molecule has 0 spiro atoms. The number of nitrogens with one attached hydrogen (secondary N) is 1. The first-order valence-corrected chi connectivity index (χ1v) is 10.1. The standard InChI is InChI=1S/C25H27N3O/c1-25(2,3)20-7-9-21(10-8-20)28-16-13-19-5-4-6-22(23(19)24(28)29)27-17-18-11-14-26-15-12-18/h4-12,14-15,27H,13,16-17H2,1-3H3. The van der Waals surface area contributed by atoms with E-state index >= 15 is 0 Å². The molecule has 1 aliphatic heterocycles. The molecular weight excluding hydrogens is 358 g/mol. The van der Waals surface area contributed by atoms with E-state index in [1.807, 2.05) is 29.2 Å². The van der Waals surface area contributed by atoms with Gasteiger partial charge in [-0.3, -0.25) is 9.78 Å². The van der Waals surface area contributed by atoms with Crippen LogP contribution in [0, 0.1) is 0 Å². The third-order valence-corrected chi connectivity index (χ3v) is 5.49. The van der Waals surface area contributed by atoms with Gasteiger partial charge in [-0.25, -0.2) is 0 Å². The molecule has 0 saturated heterocycles. The first kappa shape index (κ1) is 19.2. The molecule has 0 bridgehead atoms. The van der Waals surface area contributed by atoms with Crippen LogP contribution >= 0.6 is 0 Å². The zero-order chi connectivity index (χ0) is 20.4. The molecule has 2 heterocycles. The van der Waals surface area contributed by atoms with E-state index in [2.05, 4.69) is 61.4 Å². The molecule has 4 nitrogen and oxygen atoms in total. The molecule has 1 aromatic heterocycles. The van der Waals surface area contributed by atoms with Gasteiger partial charge in [0.05, 0.1) is 5.56 Å². The molecule has 0 saturated carbocycles. The van der Waals surface area contributed by atoms with Gasteiger partial charge in [0.2, 0.25) is 0 Å². The number of carbonyl (C=O) groups is 1. The van der Waals surface area contributed by atoms with Crippen molar-refractivity contribution in [3.63, 3.8) is 0 Å². The third kappa shape index (κ3) is 4.02. The first-order valence-electron chi connectivity index (χ1n) is 10.1. The number of pyridine rings is 1. The lowest BCUT2D eigenvalue weighted by Gasteiger charge is -2.31. The van der Waals surface area contributed by atoms with Gasteiger partial charge in [-0.1, -0.05) is 45.0 Å². The van der Waals surface area contributed by atoms with Crippen LogP contribution < -0.4 is 10.2 Å². The van der Waals surface area contributed by atoms with Crippen molar-refractivity contribution in [3.05, 3.63) is 89.2 Å². The van der Waals surface area contributed by atoms with E-state index in [9.17, 15) is 4.79 Å². The normalized spacial score (nSPS) is 13.9. The average molecular weight is 386 g/mol. The number of anilines is 2. The van der Waals surface area contributed by atoms with Crippen LogP contribution in [0.3, 0.4) is 0 Å². The minimum Gasteiger partial charge on any atom is -0.380 e. The van der Waals surface area contributed by atoms with Crippen LogP contribution in [0.1, 0.15) is 47.8 Å². The van der Waals surface area contributed by atoms with Gasteiger partial charge in [0.15, 0.2) is 0 Å². The maximum atomic E-state index is 13.4. The van der Waals surface area contributed by atoms with E-state index in [4.69, 9.17) is 0 Å². The van der Waals surface area contributed by atoms with Gasteiger partial charge in [-0.05, 0) is 58.9 Å². The molecule has 0 atom stereocenters. The fourth-order valence-corrected chi connectivity index (χ4v) is 3.76. The van der Waals surface area contributed by atoms with E-state index in [-0.39, 0.29) is 11.3 Å². The van der Waals surface area contributed by atoms with Crippen molar-refractivity contribution in [2.24, 2.45) is 0 Å². The van der Waals surface area contributed by atoms with Gasteiger partial charge in [0, 0.05) is 36.9 Å². The third-order valence-electron chi connectivity index (χ3n) is 5.49. The molecule has 1 aliphatic rings. The maximum absolute atomic E-state index is 13.4. The first-order chi connectivity index (χ1) is 13.9. The van der Waals surface area contributed by atoms with Crippen molar-refractivity contribution in [2.75, 3.05) is 16.8 Å². The molecule has 29 heavy (non-hydrogen) atoms. The molecule has 3 aromatic rings. The maximum Gasteiger partial charge on any atom is 0.260 e. The van der Waals surface area contributed by atoms with Crippen molar-refractivity contribution in [2.45, 2.75) is 39.2 Å². The molecular formula is C25H27N3O. The second-order valence-electron chi connectivity index (χ2n) is 8.55. The SMILES string of the molecule is CC(C)(C)c1ccc(N2CCc3cccc(NCc4ccncc4)c3C2=O)cc1. The monoisotopic (exact) mass is 385 g/mol.